The lowest BCUT2D eigenvalue weighted by Gasteiger charge is -2.28. The molecule has 1 atom stereocenters. The van der Waals surface area contributed by atoms with Crippen LogP contribution in [0.5, 0.6) is 0 Å². The van der Waals surface area contributed by atoms with Crippen molar-refractivity contribution >= 4 is 23.1 Å². The van der Waals surface area contributed by atoms with E-state index in [0.717, 1.165) is 19.6 Å². The molecule has 1 aliphatic heterocycles. The van der Waals surface area contributed by atoms with Crippen LogP contribution in [0.15, 0.2) is 0 Å². The number of carbonyl (C=O) groups excluding carboxylic acids is 1. The molecule has 6 heteroatoms. The number of hydrogen-bond donors (Lipinski definition) is 1. The predicted octanol–water partition coefficient (Wildman–Crippen LogP) is 0.927. The Morgan fingerprint density at radius 3 is 2.67 bits per heavy atom. The summed E-state index contributed by atoms with van der Waals surface area (Å²) in [6.07, 6.45) is 3.73. The Labute approximate surface area is 134 Å². The van der Waals surface area contributed by atoms with Crippen LogP contribution >= 0.6 is 12.2 Å². The molecule has 0 spiro atoms. The first-order valence-corrected chi connectivity index (χ1v) is 8.29. The zero-order chi connectivity index (χ0) is 15.8. The summed E-state index contributed by atoms with van der Waals surface area (Å²) in [5.41, 5.74) is 5.46. The molecular formula is C15H30N4OS. The second-order valence-electron chi connectivity index (χ2n) is 5.97. The number of likely N-dealkylation sites (N-methyl/N-ethyl adjacent to an activating group) is 2. The number of carbonyl (C=O) groups is 1. The van der Waals surface area contributed by atoms with E-state index in [1.165, 1.54) is 19.4 Å². The number of thiocarbonyl (C=S) groups is 1. The number of nitrogens with zero attached hydrogens (tertiary/aromatic N) is 3. The summed E-state index contributed by atoms with van der Waals surface area (Å²) in [6, 6.07) is 0.655. The Hall–Kier alpha value is -0.720. The molecule has 0 aromatic heterocycles. The van der Waals surface area contributed by atoms with Crippen LogP contribution in [0.3, 0.4) is 0 Å². The molecule has 1 rings (SSSR count). The van der Waals surface area contributed by atoms with Crippen LogP contribution in [0.2, 0.25) is 0 Å². The summed E-state index contributed by atoms with van der Waals surface area (Å²) in [5.74, 6) is 0.164. The van der Waals surface area contributed by atoms with Gasteiger partial charge in [0.1, 0.15) is 0 Å². The van der Waals surface area contributed by atoms with Gasteiger partial charge in [-0.1, -0.05) is 19.1 Å². The minimum Gasteiger partial charge on any atom is -0.393 e. The molecule has 2 N–H and O–H groups in total. The summed E-state index contributed by atoms with van der Waals surface area (Å²) in [6.45, 7) is 7.04. The number of hydrogen-bond acceptors (Lipinski definition) is 4. The summed E-state index contributed by atoms with van der Waals surface area (Å²) in [7, 11) is 3.92. The standard InChI is InChI=1S/C15H30N4OS/c1-4-19-9-5-6-13(19)12-17(2)10-8-15(20)18(3)11-7-14(16)21/h13H,4-12H2,1-3H3,(H2,16,21). The number of rotatable bonds is 9. The third-order valence-electron chi connectivity index (χ3n) is 4.25. The zero-order valence-corrected chi connectivity index (χ0v) is 14.5. The fourth-order valence-corrected chi connectivity index (χ4v) is 2.94. The van der Waals surface area contributed by atoms with Gasteiger partial charge in [-0.2, -0.15) is 0 Å². The first-order valence-electron chi connectivity index (χ1n) is 7.89. The maximum absolute atomic E-state index is 12.0. The van der Waals surface area contributed by atoms with Gasteiger partial charge in [0.25, 0.3) is 0 Å². The fraction of sp³-hybridized carbons (Fsp3) is 0.867. The topological polar surface area (TPSA) is 52.8 Å². The molecule has 122 valence electrons. The van der Waals surface area contributed by atoms with Crippen molar-refractivity contribution in [1.82, 2.24) is 14.7 Å². The third kappa shape index (κ3) is 6.72. The van der Waals surface area contributed by atoms with Crippen LogP contribution in [0.4, 0.5) is 0 Å². The zero-order valence-electron chi connectivity index (χ0n) is 13.7. The highest BCUT2D eigenvalue weighted by Gasteiger charge is 2.24. The van der Waals surface area contributed by atoms with Crippen LogP contribution in [0, 0.1) is 0 Å². The Balaban J connectivity index is 2.24. The summed E-state index contributed by atoms with van der Waals surface area (Å²) < 4.78 is 0. The quantitative estimate of drug-likeness (QED) is 0.642. The van der Waals surface area contributed by atoms with Crippen molar-refractivity contribution in [3.8, 4) is 0 Å². The third-order valence-corrected chi connectivity index (χ3v) is 4.46. The molecule has 5 nitrogen and oxygen atoms in total. The van der Waals surface area contributed by atoms with E-state index >= 15 is 0 Å². The highest BCUT2D eigenvalue weighted by Crippen LogP contribution is 2.17. The first kappa shape index (κ1) is 18.3. The number of amides is 1. The molecule has 1 unspecified atom stereocenters. The van der Waals surface area contributed by atoms with E-state index in [1.807, 2.05) is 7.05 Å². The van der Waals surface area contributed by atoms with Crippen molar-refractivity contribution in [2.45, 2.75) is 38.6 Å². The van der Waals surface area contributed by atoms with E-state index in [4.69, 9.17) is 18.0 Å². The minimum atomic E-state index is 0.164. The van der Waals surface area contributed by atoms with Crippen LogP contribution in [-0.4, -0.2) is 78.5 Å². The second-order valence-corrected chi connectivity index (χ2v) is 6.49. The molecule has 1 heterocycles. The highest BCUT2D eigenvalue weighted by molar-refractivity contribution is 7.80. The van der Waals surface area contributed by atoms with Crippen LogP contribution in [0.25, 0.3) is 0 Å². The Bertz CT molecular complexity index is 351. The average molecular weight is 314 g/mol. The van der Waals surface area contributed by atoms with E-state index in [-0.39, 0.29) is 5.91 Å². The van der Waals surface area contributed by atoms with Gasteiger partial charge in [-0.25, -0.2) is 0 Å². The van der Waals surface area contributed by atoms with Gasteiger partial charge in [-0.3, -0.25) is 9.69 Å². The average Bonchev–Trinajstić information content (AvgIpc) is 2.89. The van der Waals surface area contributed by atoms with Gasteiger partial charge in [0.2, 0.25) is 5.91 Å². The molecule has 0 aliphatic carbocycles. The maximum atomic E-state index is 12.0. The van der Waals surface area contributed by atoms with Crippen molar-refractivity contribution in [3.05, 3.63) is 0 Å². The molecule has 0 aromatic rings. The van der Waals surface area contributed by atoms with Crippen molar-refractivity contribution in [2.75, 3.05) is 46.8 Å². The maximum Gasteiger partial charge on any atom is 0.223 e. The number of nitrogens with two attached hydrogens (primary N) is 1. The lowest BCUT2D eigenvalue weighted by atomic mass is 10.2. The van der Waals surface area contributed by atoms with Gasteiger partial charge in [0.05, 0.1) is 4.99 Å². The largest absolute Gasteiger partial charge is 0.393 e. The van der Waals surface area contributed by atoms with Gasteiger partial charge in [0.15, 0.2) is 0 Å². The highest BCUT2D eigenvalue weighted by atomic mass is 32.1. The fourth-order valence-electron chi connectivity index (χ4n) is 2.85. The van der Waals surface area contributed by atoms with Gasteiger partial charge >= 0.3 is 0 Å². The number of likely N-dealkylation sites (tertiary alicyclic amines) is 1. The molecule has 0 radical (unpaired) electrons. The lowest BCUT2D eigenvalue weighted by molar-refractivity contribution is -0.130. The molecule has 0 bridgehead atoms. The second kappa shape index (κ2) is 9.33. The molecule has 1 fully saturated rings. The molecule has 1 amide bonds. The van der Waals surface area contributed by atoms with E-state index in [1.54, 1.807) is 4.90 Å². The van der Waals surface area contributed by atoms with Gasteiger partial charge in [-0.05, 0) is 33.0 Å². The Morgan fingerprint density at radius 1 is 1.33 bits per heavy atom. The van der Waals surface area contributed by atoms with Gasteiger partial charge < -0.3 is 15.5 Å². The van der Waals surface area contributed by atoms with Crippen LogP contribution < -0.4 is 5.73 Å². The minimum absolute atomic E-state index is 0.164. The monoisotopic (exact) mass is 314 g/mol. The van der Waals surface area contributed by atoms with Crippen molar-refractivity contribution in [2.24, 2.45) is 5.73 Å². The smallest absolute Gasteiger partial charge is 0.223 e. The molecular weight excluding hydrogens is 284 g/mol. The molecule has 1 saturated heterocycles. The van der Waals surface area contributed by atoms with E-state index in [0.29, 0.717) is 30.4 Å². The Morgan fingerprint density at radius 2 is 2.05 bits per heavy atom. The van der Waals surface area contributed by atoms with Crippen LogP contribution in [-0.2, 0) is 4.79 Å². The first-order chi connectivity index (χ1) is 9.93. The van der Waals surface area contributed by atoms with E-state index in [9.17, 15) is 4.79 Å². The van der Waals surface area contributed by atoms with Gasteiger partial charge in [0, 0.05) is 45.6 Å². The normalized spacial score (nSPS) is 19.1. The summed E-state index contributed by atoms with van der Waals surface area (Å²) in [5, 5.41) is 0. The van der Waals surface area contributed by atoms with Gasteiger partial charge in [-0.15, -0.1) is 0 Å². The molecule has 0 saturated carbocycles. The van der Waals surface area contributed by atoms with Crippen molar-refractivity contribution < 1.29 is 4.79 Å². The molecule has 0 aromatic carbocycles. The van der Waals surface area contributed by atoms with Crippen molar-refractivity contribution in [3.63, 3.8) is 0 Å². The predicted molar refractivity (Wildman–Crippen MR) is 91.4 cm³/mol. The Kier molecular flexibility index (Phi) is 8.14. The SMILES string of the molecule is CCN1CCCC1CN(C)CCC(=O)N(C)CCC(N)=S. The van der Waals surface area contributed by atoms with E-state index < -0.39 is 0 Å². The van der Waals surface area contributed by atoms with Crippen LogP contribution in [0.1, 0.15) is 32.6 Å². The molecule has 21 heavy (non-hydrogen) atoms. The lowest BCUT2D eigenvalue weighted by Crippen LogP contribution is -2.40. The summed E-state index contributed by atoms with van der Waals surface area (Å²) in [4.78, 5) is 19.0. The molecule has 1 aliphatic rings. The van der Waals surface area contributed by atoms with Crippen molar-refractivity contribution in [1.29, 1.82) is 0 Å². The summed E-state index contributed by atoms with van der Waals surface area (Å²) >= 11 is 4.84. The van der Waals surface area contributed by atoms with E-state index in [2.05, 4.69) is 23.8 Å².